The van der Waals surface area contributed by atoms with Gasteiger partial charge >= 0.3 is 0 Å². The van der Waals surface area contributed by atoms with Crippen molar-refractivity contribution in [2.75, 3.05) is 10.6 Å². The molecule has 1 aliphatic rings. The molecule has 0 saturated heterocycles. The first-order valence-corrected chi connectivity index (χ1v) is 11.0. The Morgan fingerprint density at radius 3 is 2.29 bits per heavy atom. The third-order valence-corrected chi connectivity index (χ3v) is 7.00. The number of para-hydroxylation sites is 1. The molecule has 3 aromatic carbocycles. The molecule has 1 aliphatic heterocycles. The van der Waals surface area contributed by atoms with Gasteiger partial charge in [-0.25, -0.2) is 8.42 Å². The molecule has 1 unspecified atom stereocenters. The van der Waals surface area contributed by atoms with Crippen LogP contribution in [-0.4, -0.2) is 31.3 Å². The average Bonchev–Trinajstić information content (AvgIpc) is 2.74. The summed E-state index contributed by atoms with van der Waals surface area (Å²) in [7, 11) is -4.29. The van der Waals surface area contributed by atoms with Gasteiger partial charge < -0.3 is 10.6 Å². The highest BCUT2D eigenvalue weighted by Gasteiger charge is 2.44. The molecule has 31 heavy (non-hydrogen) atoms. The smallest absolute Gasteiger partial charge is 0.255 e. The number of benzene rings is 3. The van der Waals surface area contributed by atoms with Gasteiger partial charge in [-0.05, 0) is 54.6 Å². The van der Waals surface area contributed by atoms with Crippen molar-refractivity contribution in [1.29, 1.82) is 0 Å². The zero-order valence-electron chi connectivity index (χ0n) is 15.8. The van der Waals surface area contributed by atoms with Crippen LogP contribution < -0.4 is 10.6 Å². The van der Waals surface area contributed by atoms with Gasteiger partial charge in [0.1, 0.15) is 0 Å². The van der Waals surface area contributed by atoms with Crippen molar-refractivity contribution in [1.82, 2.24) is 0 Å². The number of anilines is 2. The Balaban J connectivity index is 1.64. The number of hydrogen-bond donors (Lipinski definition) is 2. The van der Waals surface area contributed by atoms with E-state index in [9.17, 15) is 22.8 Å². The first-order valence-electron chi connectivity index (χ1n) is 9.12. The highest BCUT2D eigenvalue weighted by molar-refractivity contribution is 7.93. The zero-order valence-corrected chi connectivity index (χ0v) is 17.4. The van der Waals surface area contributed by atoms with E-state index >= 15 is 0 Å². The SMILES string of the molecule is O=C(Nc1ccccc1)c1ccc2c(c1)NC(=O)C(S(=O)(=O)c1ccc(Cl)cc1)C2=O. The van der Waals surface area contributed by atoms with Crippen LogP contribution in [-0.2, 0) is 14.6 Å². The fraction of sp³-hybridized carbons (Fsp3) is 0.0455. The average molecular weight is 455 g/mol. The summed E-state index contributed by atoms with van der Waals surface area (Å²) >= 11 is 5.79. The fourth-order valence-electron chi connectivity index (χ4n) is 3.23. The monoisotopic (exact) mass is 454 g/mol. The minimum Gasteiger partial charge on any atom is -0.324 e. The van der Waals surface area contributed by atoms with E-state index in [0.29, 0.717) is 10.7 Å². The van der Waals surface area contributed by atoms with Gasteiger partial charge in [-0.3, -0.25) is 14.4 Å². The zero-order chi connectivity index (χ0) is 22.2. The quantitative estimate of drug-likeness (QED) is 0.586. The number of hydrogen-bond acceptors (Lipinski definition) is 5. The van der Waals surface area contributed by atoms with Crippen molar-refractivity contribution in [2.24, 2.45) is 0 Å². The molecule has 0 aromatic heterocycles. The molecular weight excluding hydrogens is 440 g/mol. The highest BCUT2D eigenvalue weighted by atomic mass is 35.5. The van der Waals surface area contributed by atoms with E-state index in [1.807, 2.05) is 6.07 Å². The molecule has 3 aromatic rings. The first-order chi connectivity index (χ1) is 14.8. The number of Topliss-reactive ketones (excluding diaryl/α,β-unsaturated/α-hetero) is 1. The molecule has 0 bridgehead atoms. The Kier molecular flexibility index (Phi) is 5.34. The van der Waals surface area contributed by atoms with Gasteiger partial charge in [0.15, 0.2) is 15.6 Å². The summed E-state index contributed by atoms with van der Waals surface area (Å²) in [6.45, 7) is 0. The second-order valence-corrected chi connectivity index (χ2v) is 9.28. The number of sulfone groups is 1. The van der Waals surface area contributed by atoms with Crippen molar-refractivity contribution < 1.29 is 22.8 Å². The predicted octanol–water partition coefficient (Wildman–Crippen LogP) is 3.57. The van der Waals surface area contributed by atoms with Crippen LogP contribution in [0.2, 0.25) is 5.02 Å². The molecule has 156 valence electrons. The lowest BCUT2D eigenvalue weighted by atomic mass is 9.99. The van der Waals surface area contributed by atoms with Gasteiger partial charge in [0.25, 0.3) is 11.8 Å². The van der Waals surface area contributed by atoms with E-state index in [0.717, 1.165) is 0 Å². The van der Waals surface area contributed by atoms with Gasteiger partial charge in [-0.2, -0.15) is 0 Å². The second kappa shape index (κ2) is 7.98. The van der Waals surface area contributed by atoms with E-state index in [1.165, 1.54) is 42.5 Å². The number of halogens is 1. The lowest BCUT2D eigenvalue weighted by Crippen LogP contribution is -2.45. The van der Waals surface area contributed by atoms with E-state index < -0.39 is 32.7 Å². The summed E-state index contributed by atoms with van der Waals surface area (Å²) in [4.78, 5) is 37.8. The number of carbonyl (C=O) groups is 3. The largest absolute Gasteiger partial charge is 0.324 e. The number of carbonyl (C=O) groups excluding carboxylic acids is 3. The Morgan fingerprint density at radius 1 is 0.935 bits per heavy atom. The molecule has 0 radical (unpaired) electrons. The Hall–Kier alpha value is -3.49. The summed E-state index contributed by atoms with van der Waals surface area (Å²) in [5.74, 6) is -2.27. The molecule has 0 spiro atoms. The number of rotatable bonds is 4. The van der Waals surface area contributed by atoms with Gasteiger partial charge in [0.05, 0.1) is 10.6 Å². The van der Waals surface area contributed by atoms with E-state index in [2.05, 4.69) is 10.6 Å². The molecule has 2 amide bonds. The van der Waals surface area contributed by atoms with Crippen molar-refractivity contribution in [3.8, 4) is 0 Å². The van der Waals surface area contributed by atoms with Crippen molar-refractivity contribution in [3.63, 3.8) is 0 Å². The van der Waals surface area contributed by atoms with Crippen LogP contribution in [0.25, 0.3) is 0 Å². The van der Waals surface area contributed by atoms with Crippen LogP contribution in [0.5, 0.6) is 0 Å². The molecular formula is C22H15ClN2O5S. The standard InChI is InChI=1S/C22H15ClN2O5S/c23-14-7-9-16(10-8-14)31(29,30)20-19(26)17-11-6-13(12-18(17)25-22(20)28)21(27)24-15-4-2-1-3-5-15/h1-12,20H,(H,24,27)(H,25,28). The maximum atomic E-state index is 12.9. The van der Waals surface area contributed by atoms with E-state index in [4.69, 9.17) is 11.6 Å². The minimum atomic E-state index is -4.29. The maximum Gasteiger partial charge on any atom is 0.255 e. The molecule has 0 saturated carbocycles. The summed E-state index contributed by atoms with van der Waals surface area (Å²) in [6.07, 6.45) is 0. The molecule has 7 nitrogen and oxygen atoms in total. The molecule has 1 atom stereocenters. The highest BCUT2D eigenvalue weighted by Crippen LogP contribution is 2.30. The fourth-order valence-corrected chi connectivity index (χ4v) is 4.89. The predicted molar refractivity (Wildman–Crippen MR) is 116 cm³/mol. The van der Waals surface area contributed by atoms with Gasteiger partial charge in [-0.1, -0.05) is 29.8 Å². The summed E-state index contributed by atoms with van der Waals surface area (Å²) in [5, 5.41) is 3.54. The Morgan fingerprint density at radius 2 is 1.61 bits per heavy atom. The summed E-state index contributed by atoms with van der Waals surface area (Å²) in [5.41, 5.74) is 0.880. The van der Waals surface area contributed by atoms with Crippen LogP contribution in [0.1, 0.15) is 20.7 Å². The Labute approximate surface area is 183 Å². The molecule has 0 fully saturated rings. The molecule has 9 heteroatoms. The first kappa shape index (κ1) is 20.8. The third-order valence-electron chi connectivity index (χ3n) is 4.77. The normalized spacial score (nSPS) is 15.7. The number of nitrogens with one attached hydrogen (secondary N) is 2. The number of fused-ring (bicyclic) bond motifs is 1. The minimum absolute atomic E-state index is 0.0124. The molecule has 1 heterocycles. The molecule has 0 aliphatic carbocycles. The van der Waals surface area contributed by atoms with Crippen LogP contribution in [0.4, 0.5) is 11.4 Å². The third kappa shape index (κ3) is 3.95. The Bertz CT molecular complexity index is 1310. The van der Waals surface area contributed by atoms with Crippen LogP contribution >= 0.6 is 11.6 Å². The second-order valence-electron chi connectivity index (χ2n) is 6.81. The number of amides is 2. The van der Waals surface area contributed by atoms with Crippen LogP contribution in [0, 0.1) is 0 Å². The topological polar surface area (TPSA) is 109 Å². The summed E-state index contributed by atoms with van der Waals surface area (Å²) in [6, 6.07) is 18.1. The van der Waals surface area contributed by atoms with Crippen molar-refractivity contribution >= 4 is 50.4 Å². The molecule has 2 N–H and O–H groups in total. The maximum absolute atomic E-state index is 12.9. The number of ketones is 1. The van der Waals surface area contributed by atoms with Crippen molar-refractivity contribution in [3.05, 3.63) is 88.9 Å². The van der Waals surface area contributed by atoms with E-state index in [1.54, 1.807) is 24.3 Å². The molecule has 4 rings (SSSR count). The van der Waals surface area contributed by atoms with Crippen molar-refractivity contribution in [2.45, 2.75) is 10.1 Å². The lowest BCUT2D eigenvalue weighted by Gasteiger charge is -2.24. The van der Waals surface area contributed by atoms with Crippen LogP contribution in [0.3, 0.4) is 0 Å². The van der Waals surface area contributed by atoms with Gasteiger partial charge in [-0.15, -0.1) is 0 Å². The van der Waals surface area contributed by atoms with Gasteiger partial charge in [0, 0.05) is 21.8 Å². The van der Waals surface area contributed by atoms with Gasteiger partial charge in [0.2, 0.25) is 5.25 Å². The lowest BCUT2D eigenvalue weighted by molar-refractivity contribution is -0.115. The van der Waals surface area contributed by atoms with Crippen LogP contribution in [0.15, 0.2) is 77.7 Å². The van der Waals surface area contributed by atoms with E-state index in [-0.39, 0.29) is 21.7 Å². The summed E-state index contributed by atoms with van der Waals surface area (Å²) < 4.78 is 25.8.